The maximum Gasteiger partial charge on any atom is 0.306 e. The van der Waals surface area contributed by atoms with Crippen LogP contribution in [-0.4, -0.2) is 32.1 Å². The van der Waals surface area contributed by atoms with Crippen LogP contribution in [0.2, 0.25) is 0 Å². The van der Waals surface area contributed by atoms with Crippen molar-refractivity contribution in [2.45, 2.75) is 36.6 Å². The van der Waals surface area contributed by atoms with Gasteiger partial charge in [-0.05, 0) is 54.9 Å². The second-order valence-electron chi connectivity index (χ2n) is 6.77. The van der Waals surface area contributed by atoms with Gasteiger partial charge in [-0.15, -0.1) is 0 Å². The Hall–Kier alpha value is -1.60. The number of hydrogen-bond donors (Lipinski definition) is 2. The largest absolute Gasteiger partial charge is 0.493 e. The SMILES string of the molecule is O=C(O)[C@@H]1C[C@H]2C[C@@H]1C[C@H]2NS(=O)(=O)c1ccc2c(c1)CCO2. The third-order valence-corrected chi connectivity index (χ3v) is 6.94. The number of ether oxygens (including phenoxy) is 1. The van der Waals surface area contributed by atoms with E-state index < -0.39 is 16.0 Å². The van der Waals surface area contributed by atoms with Crippen LogP contribution >= 0.6 is 0 Å². The Labute approximate surface area is 134 Å². The highest BCUT2D eigenvalue weighted by Gasteiger charge is 2.49. The van der Waals surface area contributed by atoms with Crippen LogP contribution in [0.4, 0.5) is 0 Å². The molecule has 0 saturated heterocycles. The van der Waals surface area contributed by atoms with Crippen molar-refractivity contribution < 1.29 is 23.1 Å². The highest BCUT2D eigenvalue weighted by Crippen LogP contribution is 2.48. The first-order valence-corrected chi connectivity index (χ1v) is 9.43. The van der Waals surface area contributed by atoms with E-state index in [0.717, 1.165) is 24.2 Å². The van der Waals surface area contributed by atoms with Gasteiger partial charge in [0.25, 0.3) is 0 Å². The van der Waals surface area contributed by atoms with Crippen molar-refractivity contribution in [3.8, 4) is 5.75 Å². The van der Waals surface area contributed by atoms with Gasteiger partial charge in [0.05, 0.1) is 17.4 Å². The maximum atomic E-state index is 12.6. The minimum atomic E-state index is -3.58. The Morgan fingerprint density at radius 3 is 2.74 bits per heavy atom. The molecule has 3 aliphatic rings. The molecule has 0 amide bonds. The Morgan fingerprint density at radius 2 is 2.04 bits per heavy atom. The number of carboxylic acid groups (broad SMARTS) is 1. The monoisotopic (exact) mass is 337 g/mol. The fraction of sp³-hybridized carbons (Fsp3) is 0.562. The van der Waals surface area contributed by atoms with Gasteiger partial charge in [-0.1, -0.05) is 0 Å². The zero-order valence-corrected chi connectivity index (χ0v) is 13.4. The molecule has 124 valence electrons. The van der Waals surface area contributed by atoms with E-state index >= 15 is 0 Å². The average Bonchev–Trinajstić information content (AvgIpc) is 3.20. The minimum Gasteiger partial charge on any atom is -0.493 e. The van der Waals surface area contributed by atoms with Gasteiger partial charge in [0.2, 0.25) is 10.0 Å². The summed E-state index contributed by atoms with van der Waals surface area (Å²) in [7, 11) is -3.58. The van der Waals surface area contributed by atoms with Crippen LogP contribution in [0.3, 0.4) is 0 Å². The normalized spacial score (nSPS) is 31.8. The first-order valence-electron chi connectivity index (χ1n) is 7.95. The molecule has 1 aromatic carbocycles. The van der Waals surface area contributed by atoms with Gasteiger partial charge in [0, 0.05) is 12.5 Å². The summed E-state index contributed by atoms with van der Waals surface area (Å²) in [5.74, 6) is -0.0734. The quantitative estimate of drug-likeness (QED) is 0.866. The highest BCUT2D eigenvalue weighted by molar-refractivity contribution is 7.89. The number of rotatable bonds is 4. The molecule has 6 nitrogen and oxygen atoms in total. The molecule has 1 aliphatic heterocycles. The predicted molar refractivity (Wildman–Crippen MR) is 81.7 cm³/mol. The van der Waals surface area contributed by atoms with Crippen LogP contribution in [0.25, 0.3) is 0 Å². The van der Waals surface area contributed by atoms with Crippen molar-refractivity contribution in [3.63, 3.8) is 0 Å². The van der Waals surface area contributed by atoms with E-state index in [-0.39, 0.29) is 28.7 Å². The van der Waals surface area contributed by atoms with E-state index in [1.807, 2.05) is 0 Å². The number of hydrogen-bond acceptors (Lipinski definition) is 4. The number of carboxylic acids is 1. The van der Waals surface area contributed by atoms with Crippen LogP contribution in [-0.2, 0) is 21.2 Å². The van der Waals surface area contributed by atoms with Crippen molar-refractivity contribution in [3.05, 3.63) is 23.8 Å². The molecule has 0 unspecified atom stereocenters. The molecule has 23 heavy (non-hydrogen) atoms. The van der Waals surface area contributed by atoms with Crippen molar-refractivity contribution >= 4 is 16.0 Å². The number of sulfonamides is 1. The second-order valence-corrected chi connectivity index (χ2v) is 8.48. The van der Waals surface area contributed by atoms with Gasteiger partial charge in [-0.2, -0.15) is 0 Å². The lowest BCUT2D eigenvalue weighted by atomic mass is 9.86. The summed E-state index contributed by atoms with van der Waals surface area (Å²) in [6.07, 6.45) is 2.73. The lowest BCUT2D eigenvalue weighted by Crippen LogP contribution is -2.40. The molecule has 0 radical (unpaired) electrons. The molecule has 2 saturated carbocycles. The van der Waals surface area contributed by atoms with E-state index in [1.165, 1.54) is 0 Å². The second kappa shape index (κ2) is 5.21. The van der Waals surface area contributed by atoms with Crippen LogP contribution in [0.5, 0.6) is 5.75 Å². The van der Waals surface area contributed by atoms with Gasteiger partial charge < -0.3 is 9.84 Å². The van der Waals surface area contributed by atoms with Gasteiger partial charge in [0.15, 0.2) is 0 Å². The summed E-state index contributed by atoms with van der Waals surface area (Å²) in [5.41, 5.74) is 0.923. The molecular formula is C16H19NO5S. The number of benzene rings is 1. The first kappa shape index (κ1) is 15.0. The van der Waals surface area contributed by atoms with Crippen molar-refractivity contribution in [2.75, 3.05) is 6.61 Å². The molecule has 0 aromatic heterocycles. The van der Waals surface area contributed by atoms with Crippen molar-refractivity contribution in [2.24, 2.45) is 17.8 Å². The summed E-state index contributed by atoms with van der Waals surface area (Å²) < 4.78 is 33.4. The smallest absolute Gasteiger partial charge is 0.306 e. The number of fused-ring (bicyclic) bond motifs is 3. The standard InChI is InChI=1S/C16H19NO5S/c18-16(19)13-7-11-5-10(13)8-14(11)17-23(20,21)12-1-2-15-9(6-12)3-4-22-15/h1-2,6,10-11,13-14,17H,3-5,7-8H2,(H,18,19)/t10-,11-,13-,14-/m1/s1. The Kier molecular flexibility index (Phi) is 3.39. The Morgan fingerprint density at radius 1 is 1.22 bits per heavy atom. The number of nitrogens with one attached hydrogen (secondary N) is 1. The zero-order valence-electron chi connectivity index (χ0n) is 12.6. The van der Waals surface area contributed by atoms with E-state index in [0.29, 0.717) is 19.4 Å². The van der Waals surface area contributed by atoms with E-state index in [2.05, 4.69) is 4.72 Å². The van der Waals surface area contributed by atoms with E-state index in [9.17, 15) is 18.3 Å². The molecule has 1 aromatic rings. The molecule has 2 N–H and O–H groups in total. The third-order valence-electron chi connectivity index (χ3n) is 5.45. The van der Waals surface area contributed by atoms with Crippen molar-refractivity contribution in [1.82, 2.24) is 4.72 Å². The molecule has 4 atom stereocenters. The van der Waals surface area contributed by atoms with Gasteiger partial charge in [0.1, 0.15) is 5.75 Å². The summed E-state index contributed by atoms with van der Waals surface area (Å²) >= 11 is 0. The van der Waals surface area contributed by atoms with Crippen molar-refractivity contribution in [1.29, 1.82) is 0 Å². The number of carbonyl (C=O) groups is 1. The van der Waals surface area contributed by atoms with Crippen LogP contribution in [0, 0.1) is 17.8 Å². The molecule has 7 heteroatoms. The first-order chi connectivity index (χ1) is 10.9. The molecule has 2 bridgehead atoms. The van der Waals surface area contributed by atoms with Crippen LogP contribution in [0.15, 0.2) is 23.1 Å². The van der Waals surface area contributed by atoms with Gasteiger partial charge in [-0.3, -0.25) is 4.79 Å². The third kappa shape index (κ3) is 2.52. The minimum absolute atomic E-state index is 0.0959. The molecule has 2 fully saturated rings. The fourth-order valence-electron chi connectivity index (χ4n) is 4.32. The van der Waals surface area contributed by atoms with E-state index in [4.69, 9.17) is 4.74 Å². The Balaban J connectivity index is 1.50. The molecule has 4 rings (SSSR count). The summed E-state index contributed by atoms with van der Waals surface area (Å²) in [6, 6.07) is 4.81. The highest BCUT2D eigenvalue weighted by atomic mass is 32.2. The predicted octanol–water partition coefficient (Wildman–Crippen LogP) is 1.40. The fourth-order valence-corrected chi connectivity index (χ4v) is 5.69. The summed E-state index contributed by atoms with van der Waals surface area (Å²) in [4.78, 5) is 11.4. The topological polar surface area (TPSA) is 92.7 Å². The molecule has 0 spiro atoms. The van der Waals surface area contributed by atoms with Gasteiger partial charge in [-0.25, -0.2) is 13.1 Å². The molecular weight excluding hydrogens is 318 g/mol. The molecule has 2 aliphatic carbocycles. The maximum absolute atomic E-state index is 12.6. The lowest BCUT2D eigenvalue weighted by molar-refractivity contribution is -0.143. The summed E-state index contributed by atoms with van der Waals surface area (Å²) in [5, 5.41) is 9.17. The summed E-state index contributed by atoms with van der Waals surface area (Å²) in [6.45, 7) is 0.592. The van der Waals surface area contributed by atoms with E-state index in [1.54, 1.807) is 18.2 Å². The average molecular weight is 337 g/mol. The Bertz CT molecular complexity index is 760. The number of aliphatic carboxylic acids is 1. The molecule has 1 heterocycles. The lowest BCUT2D eigenvalue weighted by Gasteiger charge is -2.26. The van der Waals surface area contributed by atoms with Gasteiger partial charge >= 0.3 is 5.97 Å². The zero-order chi connectivity index (χ0) is 16.2. The van der Waals surface area contributed by atoms with Crippen LogP contribution < -0.4 is 9.46 Å². The van der Waals surface area contributed by atoms with Crippen LogP contribution in [0.1, 0.15) is 24.8 Å².